The second-order valence-electron chi connectivity index (χ2n) is 3.95. The van der Waals surface area contributed by atoms with E-state index in [1.54, 1.807) is 18.3 Å². The van der Waals surface area contributed by atoms with Gasteiger partial charge in [0.2, 0.25) is 0 Å². The number of nitrogens with zero attached hydrogens (tertiary/aromatic N) is 2. The SMILES string of the molecule is N#Cc1cc(OCC2CCCC2)ccn1. The highest BCUT2D eigenvalue weighted by Gasteiger charge is 2.15. The molecule has 1 saturated carbocycles. The standard InChI is InChI=1S/C12H14N2O/c13-8-11-7-12(5-6-14-11)15-9-10-3-1-2-4-10/h5-7,10H,1-4,9H2. The van der Waals surface area contributed by atoms with Crippen LogP contribution >= 0.6 is 0 Å². The second-order valence-corrected chi connectivity index (χ2v) is 3.95. The predicted octanol–water partition coefficient (Wildman–Crippen LogP) is 2.52. The molecule has 1 fully saturated rings. The summed E-state index contributed by atoms with van der Waals surface area (Å²) in [4.78, 5) is 3.90. The lowest BCUT2D eigenvalue weighted by molar-refractivity contribution is 0.252. The lowest BCUT2D eigenvalue weighted by Gasteiger charge is -2.10. The van der Waals surface area contributed by atoms with E-state index in [1.807, 2.05) is 6.07 Å². The van der Waals surface area contributed by atoms with E-state index in [9.17, 15) is 0 Å². The third-order valence-corrected chi connectivity index (χ3v) is 2.81. The zero-order valence-electron chi connectivity index (χ0n) is 8.65. The minimum atomic E-state index is 0.416. The molecule has 0 saturated heterocycles. The molecule has 1 aliphatic rings. The van der Waals surface area contributed by atoms with E-state index in [1.165, 1.54) is 25.7 Å². The van der Waals surface area contributed by atoms with Gasteiger partial charge in [0, 0.05) is 12.3 Å². The molecule has 1 heterocycles. The Hall–Kier alpha value is -1.56. The average molecular weight is 202 g/mol. The van der Waals surface area contributed by atoms with E-state index in [0.717, 1.165) is 12.4 Å². The molecular weight excluding hydrogens is 188 g/mol. The van der Waals surface area contributed by atoms with E-state index < -0.39 is 0 Å². The van der Waals surface area contributed by atoms with Gasteiger partial charge >= 0.3 is 0 Å². The molecule has 0 bridgehead atoms. The van der Waals surface area contributed by atoms with E-state index in [-0.39, 0.29) is 0 Å². The molecule has 0 radical (unpaired) electrons. The van der Waals surface area contributed by atoms with Gasteiger partial charge in [-0.25, -0.2) is 4.98 Å². The molecule has 0 unspecified atom stereocenters. The Balaban J connectivity index is 1.90. The van der Waals surface area contributed by atoms with Crippen LogP contribution in [0.5, 0.6) is 5.75 Å². The summed E-state index contributed by atoms with van der Waals surface area (Å²) in [6, 6.07) is 5.50. The molecule has 0 spiro atoms. The number of hydrogen-bond acceptors (Lipinski definition) is 3. The third kappa shape index (κ3) is 2.69. The number of ether oxygens (including phenoxy) is 1. The Labute approximate surface area is 89.7 Å². The molecular formula is C12H14N2O. The van der Waals surface area contributed by atoms with Crippen molar-refractivity contribution in [3.05, 3.63) is 24.0 Å². The van der Waals surface area contributed by atoms with Crippen LogP contribution in [0.2, 0.25) is 0 Å². The van der Waals surface area contributed by atoms with Crippen molar-refractivity contribution in [2.45, 2.75) is 25.7 Å². The van der Waals surface area contributed by atoms with Crippen molar-refractivity contribution >= 4 is 0 Å². The average Bonchev–Trinajstić information content (AvgIpc) is 2.79. The van der Waals surface area contributed by atoms with Crippen molar-refractivity contribution in [3.63, 3.8) is 0 Å². The number of pyridine rings is 1. The third-order valence-electron chi connectivity index (χ3n) is 2.81. The summed E-state index contributed by atoms with van der Waals surface area (Å²) in [5.41, 5.74) is 0.416. The highest BCUT2D eigenvalue weighted by molar-refractivity contribution is 5.29. The Kier molecular flexibility index (Phi) is 3.18. The van der Waals surface area contributed by atoms with Crippen LogP contribution in [-0.2, 0) is 0 Å². The molecule has 3 nitrogen and oxygen atoms in total. The molecule has 0 aliphatic heterocycles. The predicted molar refractivity (Wildman–Crippen MR) is 56.4 cm³/mol. The molecule has 0 aromatic carbocycles. The van der Waals surface area contributed by atoms with E-state index in [2.05, 4.69) is 4.98 Å². The lowest BCUT2D eigenvalue weighted by atomic mass is 10.1. The summed E-state index contributed by atoms with van der Waals surface area (Å²) in [6.45, 7) is 0.773. The number of nitriles is 1. The van der Waals surface area contributed by atoms with Gasteiger partial charge in [-0.1, -0.05) is 12.8 Å². The first-order valence-electron chi connectivity index (χ1n) is 5.37. The maximum Gasteiger partial charge on any atom is 0.144 e. The summed E-state index contributed by atoms with van der Waals surface area (Å²) in [5, 5.41) is 8.67. The van der Waals surface area contributed by atoms with E-state index >= 15 is 0 Å². The molecule has 0 N–H and O–H groups in total. The maximum absolute atomic E-state index is 8.67. The molecule has 0 atom stereocenters. The minimum absolute atomic E-state index is 0.416. The molecule has 15 heavy (non-hydrogen) atoms. The van der Waals surface area contributed by atoms with Gasteiger partial charge in [-0.3, -0.25) is 0 Å². The lowest BCUT2D eigenvalue weighted by Crippen LogP contribution is -2.08. The minimum Gasteiger partial charge on any atom is -0.493 e. The van der Waals surface area contributed by atoms with E-state index in [0.29, 0.717) is 11.6 Å². The van der Waals surface area contributed by atoms with Crippen LogP contribution in [0.25, 0.3) is 0 Å². The first-order chi connectivity index (χ1) is 7.38. The first kappa shape index (κ1) is 9.97. The van der Waals surface area contributed by atoms with Gasteiger partial charge in [-0.2, -0.15) is 5.26 Å². The number of hydrogen-bond donors (Lipinski definition) is 0. The highest BCUT2D eigenvalue weighted by Crippen LogP contribution is 2.25. The van der Waals surface area contributed by atoms with Crippen molar-refractivity contribution in [2.75, 3.05) is 6.61 Å². The zero-order chi connectivity index (χ0) is 10.5. The van der Waals surface area contributed by atoms with Gasteiger partial charge in [-0.15, -0.1) is 0 Å². The maximum atomic E-state index is 8.67. The summed E-state index contributed by atoms with van der Waals surface area (Å²) in [6.07, 6.45) is 6.82. The Morgan fingerprint density at radius 1 is 1.47 bits per heavy atom. The molecule has 3 heteroatoms. The topological polar surface area (TPSA) is 45.9 Å². The van der Waals surface area contributed by atoms with Gasteiger partial charge in [0.25, 0.3) is 0 Å². The summed E-state index contributed by atoms with van der Waals surface area (Å²) >= 11 is 0. The molecule has 2 rings (SSSR count). The normalized spacial score (nSPS) is 16.2. The quantitative estimate of drug-likeness (QED) is 0.756. The van der Waals surface area contributed by atoms with Gasteiger partial charge in [0.05, 0.1) is 6.61 Å². The Morgan fingerprint density at radius 3 is 3.00 bits per heavy atom. The van der Waals surface area contributed by atoms with Gasteiger partial charge in [0.15, 0.2) is 0 Å². The van der Waals surface area contributed by atoms with Crippen LogP contribution in [0.4, 0.5) is 0 Å². The summed E-state index contributed by atoms with van der Waals surface area (Å²) < 4.78 is 5.64. The van der Waals surface area contributed by atoms with Crippen LogP contribution < -0.4 is 4.74 Å². The summed E-state index contributed by atoms with van der Waals surface area (Å²) in [7, 11) is 0. The van der Waals surface area contributed by atoms with E-state index in [4.69, 9.17) is 10.00 Å². The van der Waals surface area contributed by atoms with Crippen molar-refractivity contribution in [1.29, 1.82) is 5.26 Å². The van der Waals surface area contributed by atoms with Crippen molar-refractivity contribution in [1.82, 2.24) is 4.98 Å². The van der Waals surface area contributed by atoms with Gasteiger partial charge < -0.3 is 4.74 Å². The monoisotopic (exact) mass is 202 g/mol. The largest absolute Gasteiger partial charge is 0.493 e. The van der Waals surface area contributed by atoms with Crippen molar-refractivity contribution in [3.8, 4) is 11.8 Å². The molecule has 0 amide bonds. The zero-order valence-corrected chi connectivity index (χ0v) is 8.65. The fourth-order valence-corrected chi connectivity index (χ4v) is 1.95. The number of rotatable bonds is 3. The summed E-state index contributed by atoms with van der Waals surface area (Å²) in [5.74, 6) is 1.46. The van der Waals surface area contributed by atoms with Crippen LogP contribution in [0.15, 0.2) is 18.3 Å². The Bertz CT molecular complexity index is 364. The van der Waals surface area contributed by atoms with Crippen molar-refractivity contribution < 1.29 is 4.74 Å². The Morgan fingerprint density at radius 2 is 2.27 bits per heavy atom. The van der Waals surface area contributed by atoms with Crippen LogP contribution in [0, 0.1) is 17.2 Å². The number of aromatic nitrogens is 1. The van der Waals surface area contributed by atoms with Crippen LogP contribution in [0.1, 0.15) is 31.4 Å². The molecule has 1 aliphatic carbocycles. The smallest absolute Gasteiger partial charge is 0.144 e. The fourth-order valence-electron chi connectivity index (χ4n) is 1.95. The molecule has 78 valence electrons. The first-order valence-corrected chi connectivity index (χ1v) is 5.37. The van der Waals surface area contributed by atoms with Gasteiger partial charge in [0.1, 0.15) is 17.5 Å². The second kappa shape index (κ2) is 4.79. The highest BCUT2D eigenvalue weighted by atomic mass is 16.5. The van der Waals surface area contributed by atoms with Crippen LogP contribution in [-0.4, -0.2) is 11.6 Å². The fraction of sp³-hybridized carbons (Fsp3) is 0.500. The molecule has 1 aromatic rings. The van der Waals surface area contributed by atoms with Crippen molar-refractivity contribution in [2.24, 2.45) is 5.92 Å². The van der Waals surface area contributed by atoms with Crippen LogP contribution in [0.3, 0.4) is 0 Å². The molecule has 1 aromatic heterocycles. The van der Waals surface area contributed by atoms with Gasteiger partial charge in [-0.05, 0) is 24.8 Å².